The molecule has 5 aliphatic heterocycles. The molecular weight excluding hydrogens is 1370 g/mol. The number of primary amides is 1. The van der Waals surface area contributed by atoms with Crippen molar-refractivity contribution in [3.8, 4) is 34.3 Å². The molecule has 0 saturated carbocycles. The SMILES string of the molecule is CO[C@H]1/C=C/O[C@@]2(C)Oc3c(C)c(O)c4c(O)c(c(/C=N/N5CCN(C)CC5)c(O)c4c3C2=O)NC(=O)/C(C)=C\C=C\[C@H](C)[C@H](O)[C@@H](C)[C@@H](O)[C@@H](C)[C@H](OC(C)=O)[C@@H]1C.Cc1c(CN2CCN(c3cccc(C(F)(F)F)c3)CC2)cc(-c2ccccc2)n1NC(=O)c1ccncc1.NC(=O)c1cnccn1. The highest BCUT2D eigenvalue weighted by molar-refractivity contribution is 6.24. The second-order valence-corrected chi connectivity index (χ2v) is 26.9. The molecule has 3 amide bonds. The Hall–Kier alpha value is -10.7. The molecule has 5 bridgehead atoms. The van der Waals surface area contributed by atoms with Crippen LogP contribution in [0.3, 0.4) is 0 Å². The first-order chi connectivity index (χ1) is 50.3. The number of aromatic hydroxyl groups is 3. The van der Waals surface area contributed by atoms with Crippen molar-refractivity contribution in [2.75, 3.05) is 82.2 Å². The molecule has 2 saturated heterocycles. The number of aliphatic hydroxyl groups is 2. The van der Waals surface area contributed by atoms with E-state index in [-0.39, 0.29) is 56.1 Å². The molecule has 5 aliphatic rings. The summed E-state index contributed by atoms with van der Waals surface area (Å²) in [5.41, 5.74) is 12.1. The van der Waals surface area contributed by atoms with E-state index in [1.807, 2.05) is 53.9 Å². The lowest BCUT2D eigenvalue weighted by atomic mass is 9.78. The Morgan fingerprint density at radius 1 is 0.821 bits per heavy atom. The van der Waals surface area contributed by atoms with Crippen molar-refractivity contribution in [3.63, 3.8) is 0 Å². The Morgan fingerprint density at radius 2 is 1.51 bits per heavy atom. The maximum Gasteiger partial charge on any atom is 0.416 e. The van der Waals surface area contributed by atoms with E-state index >= 15 is 0 Å². The Bertz CT molecular complexity index is 4430. The number of ketones is 1. The van der Waals surface area contributed by atoms with E-state index in [1.54, 1.807) is 75.4 Å². The van der Waals surface area contributed by atoms with Crippen molar-refractivity contribution in [1.29, 1.82) is 0 Å². The quantitative estimate of drug-likeness (QED) is 0.0258. The number of pyridine rings is 1. The van der Waals surface area contributed by atoms with Crippen LogP contribution in [-0.4, -0.2) is 192 Å². The summed E-state index contributed by atoms with van der Waals surface area (Å²) in [6.45, 7) is 20.4. The minimum Gasteiger partial charge on any atom is -0.507 e. The predicted molar refractivity (Wildman–Crippen MR) is 392 cm³/mol. The van der Waals surface area contributed by atoms with Gasteiger partial charge in [0.05, 0.1) is 70.4 Å². The number of ether oxygens (including phenoxy) is 4. The van der Waals surface area contributed by atoms with Crippen LogP contribution in [0.2, 0.25) is 0 Å². The standard InChI is InChI=1S/C43H58N4O12.C29H28F3N5O.C5H5N3O/c1-21-12-11-13-22(2)42(55)45-33-28(20-44-47-17-15-46(9)16-18-47)37(52)30-31(38(33)53)36(51)26(6)40-32(30)41(54)43(8,59-40)57-19-14-29(56-10)23(3)39(58-27(7)48)25(5)35(50)24(4)34(21)49;1-21-24(20-35-14-16-36(17-15-35)26-9-5-8-25(19-26)29(30,31)32)18-27(22-6-3-2-4-7-22)37(21)34-28(38)23-10-12-33-13-11-23;6-5(9)4-3-7-1-2-8-4/h11-14,19-21,23-25,29,34-35,39,49-53H,15-18H2,1-10H3,(H,45,55);2-13,18-19H,14-17,20H2,1H3,(H,34,38);1-3H,(H2,6,9)/b12-11+,19-14+,22-13-,44-20+;;/t21-,23+,24+,25+,29-,34-,35+,39+,43-;;/m0../s1. The monoisotopic (exact) mass is 1460 g/mol. The number of benzene rings is 4. The van der Waals surface area contributed by atoms with E-state index in [0.29, 0.717) is 57.1 Å². The summed E-state index contributed by atoms with van der Waals surface area (Å²) >= 11 is 0. The number of methoxy groups -OCH3 is 1. The topological polar surface area (TPSA) is 342 Å². The number of fused-ring (bicyclic) bond motifs is 14. The number of Topliss-reactive ketones (excluding diaryl/α,β-unsaturated/α-hetero) is 1. The summed E-state index contributed by atoms with van der Waals surface area (Å²) in [7, 11) is 3.42. The molecule has 12 rings (SSSR count). The van der Waals surface area contributed by atoms with Crippen molar-refractivity contribution in [2.45, 2.75) is 105 Å². The average Bonchev–Trinajstić information content (AvgIpc) is 1.48. The molecule has 9 atom stereocenters. The van der Waals surface area contributed by atoms with E-state index < -0.39 is 106 Å². The number of nitrogens with two attached hydrogens (primary N) is 1. The van der Waals surface area contributed by atoms with E-state index in [4.69, 9.17) is 24.7 Å². The highest BCUT2D eigenvalue weighted by Crippen LogP contribution is 2.55. The molecule has 0 aliphatic carbocycles. The maximum absolute atomic E-state index is 14.4. The first kappa shape index (κ1) is 79.4. The van der Waals surface area contributed by atoms with Crippen LogP contribution >= 0.6 is 0 Å². The lowest BCUT2D eigenvalue weighted by molar-refractivity contribution is -0.160. The Labute approximate surface area is 612 Å². The van der Waals surface area contributed by atoms with Crippen LogP contribution in [0.5, 0.6) is 23.0 Å². The van der Waals surface area contributed by atoms with Gasteiger partial charge in [0.25, 0.3) is 23.5 Å². The summed E-state index contributed by atoms with van der Waals surface area (Å²) in [6, 6.07) is 20.8. The van der Waals surface area contributed by atoms with E-state index in [2.05, 4.69) is 46.7 Å². The number of hydrogen-bond donors (Lipinski definition) is 8. The number of likely N-dealkylation sites (N-methyl/N-ethyl adjacent to an activating group) is 1. The van der Waals surface area contributed by atoms with Crippen LogP contribution in [0.4, 0.5) is 24.5 Å². The van der Waals surface area contributed by atoms with Crippen LogP contribution in [0.25, 0.3) is 22.0 Å². The van der Waals surface area contributed by atoms with Gasteiger partial charge < -0.3 is 65.3 Å². The third-order valence-electron chi connectivity index (χ3n) is 19.6. The molecule has 0 unspecified atom stereocenters. The van der Waals surface area contributed by atoms with Gasteiger partial charge in [0, 0.05) is 167 Å². The third kappa shape index (κ3) is 18.3. The fourth-order valence-corrected chi connectivity index (χ4v) is 13.1. The molecule has 106 heavy (non-hydrogen) atoms. The number of nitrogens with zero attached hydrogens (tertiary/aromatic N) is 9. The number of rotatable bonds is 11. The number of nitrogens with one attached hydrogen (secondary N) is 2. The fraction of sp³-hybridized carbons (Fsp3) is 0.390. The number of amides is 3. The van der Waals surface area contributed by atoms with Crippen molar-refractivity contribution in [3.05, 3.63) is 185 Å². The van der Waals surface area contributed by atoms with Gasteiger partial charge >= 0.3 is 17.9 Å². The second-order valence-electron chi connectivity index (χ2n) is 26.9. The van der Waals surface area contributed by atoms with Crippen LogP contribution in [0.15, 0.2) is 145 Å². The predicted octanol–water partition coefficient (Wildman–Crippen LogP) is 9.49. The molecule has 26 nitrogen and oxygen atoms in total. The molecular formula is C77H91F3N12O14. The van der Waals surface area contributed by atoms with Crippen LogP contribution < -0.4 is 26.1 Å². The Morgan fingerprint density at radius 3 is 2.13 bits per heavy atom. The summed E-state index contributed by atoms with van der Waals surface area (Å²) in [5, 5.41) is 66.8. The normalized spacial score (nSPS) is 23.8. The molecule has 8 heterocycles. The lowest BCUT2D eigenvalue weighted by Gasteiger charge is -2.38. The van der Waals surface area contributed by atoms with E-state index in [1.165, 1.54) is 90.2 Å². The first-order valence-corrected chi connectivity index (χ1v) is 34.6. The van der Waals surface area contributed by atoms with E-state index in [9.17, 15) is 62.7 Å². The summed E-state index contributed by atoms with van der Waals surface area (Å²) in [4.78, 5) is 81.5. The number of hydrazone groups is 1. The van der Waals surface area contributed by atoms with Crippen molar-refractivity contribution in [2.24, 2.45) is 34.5 Å². The van der Waals surface area contributed by atoms with Gasteiger partial charge in [-0.3, -0.25) is 54.0 Å². The number of allylic oxidation sites excluding steroid dienone is 2. The smallest absolute Gasteiger partial charge is 0.416 e. The number of aliphatic hydroxyl groups excluding tert-OH is 2. The van der Waals surface area contributed by atoms with Gasteiger partial charge in [0.1, 0.15) is 29.0 Å². The lowest BCUT2D eigenvalue weighted by Crippen LogP contribution is -2.46. The highest BCUT2D eigenvalue weighted by atomic mass is 19.4. The zero-order valence-corrected chi connectivity index (χ0v) is 60.9. The molecule has 564 valence electrons. The molecule has 0 radical (unpaired) electrons. The minimum atomic E-state index is -4.36. The second kappa shape index (κ2) is 34.5. The third-order valence-corrected chi connectivity index (χ3v) is 19.6. The van der Waals surface area contributed by atoms with Crippen LogP contribution in [-0.2, 0) is 36.5 Å². The number of carbonyl (C=O) groups excluding carboxylic acids is 5. The highest BCUT2D eigenvalue weighted by Gasteiger charge is 2.50. The van der Waals surface area contributed by atoms with Gasteiger partial charge in [0.2, 0.25) is 0 Å². The van der Waals surface area contributed by atoms with E-state index in [0.717, 1.165) is 41.7 Å². The number of aromatic nitrogens is 4. The zero-order chi connectivity index (χ0) is 77.1. The number of phenolic OH excluding ortho intramolecular Hbond substituents is 3. The first-order valence-electron chi connectivity index (χ1n) is 34.6. The summed E-state index contributed by atoms with van der Waals surface area (Å²) < 4.78 is 64.9. The number of halogens is 3. The van der Waals surface area contributed by atoms with Crippen LogP contribution in [0, 0.1) is 37.5 Å². The number of piperazine rings is 2. The largest absolute Gasteiger partial charge is 0.507 e. The van der Waals surface area contributed by atoms with Gasteiger partial charge in [-0.2, -0.15) is 18.3 Å². The molecule has 4 aromatic carbocycles. The van der Waals surface area contributed by atoms with Gasteiger partial charge in [0.15, 0.2) is 5.75 Å². The molecule has 3 aromatic heterocycles. The van der Waals surface area contributed by atoms with Crippen molar-refractivity contribution in [1.82, 2.24) is 34.4 Å². The number of carbonyl (C=O) groups is 5. The molecule has 9 N–H and O–H groups in total. The minimum absolute atomic E-state index is 0.0559. The Balaban J connectivity index is 0.000000234. The molecule has 7 aromatic rings. The Kier molecular flexibility index (Phi) is 25.8. The molecule has 0 spiro atoms. The summed E-state index contributed by atoms with van der Waals surface area (Å²) in [5.74, 6) is -9.13. The van der Waals surface area contributed by atoms with Gasteiger partial charge in [-0.05, 0) is 75.9 Å². The number of esters is 1. The van der Waals surface area contributed by atoms with Crippen molar-refractivity contribution < 1.29 is 81.6 Å². The van der Waals surface area contributed by atoms with Gasteiger partial charge in [-0.25, -0.2) is 4.98 Å². The number of anilines is 2. The molecule has 2 fully saturated rings. The number of phenols is 3. The van der Waals surface area contributed by atoms with Crippen LogP contribution in [0.1, 0.15) is 108 Å². The zero-order valence-electron chi connectivity index (χ0n) is 60.9. The maximum atomic E-state index is 14.4. The number of alkyl halides is 3. The average molecular weight is 1470 g/mol. The fourth-order valence-electron chi connectivity index (χ4n) is 13.1. The van der Waals surface area contributed by atoms with Gasteiger partial charge in [-0.15, -0.1) is 0 Å². The molecule has 29 heteroatoms. The summed E-state index contributed by atoms with van der Waals surface area (Å²) in [6.07, 6.45) is 7.89. The van der Waals surface area contributed by atoms with Crippen molar-refractivity contribution >= 4 is 57.8 Å². The van der Waals surface area contributed by atoms with Gasteiger partial charge in [-0.1, -0.05) is 82.3 Å². The number of hydrogen-bond acceptors (Lipinski definition) is 22.